The van der Waals surface area contributed by atoms with Gasteiger partial charge >= 0.3 is 0 Å². The highest BCUT2D eigenvalue weighted by molar-refractivity contribution is 7.99. The van der Waals surface area contributed by atoms with Gasteiger partial charge in [0.15, 0.2) is 0 Å². The van der Waals surface area contributed by atoms with Crippen molar-refractivity contribution in [2.45, 2.75) is 31.1 Å². The predicted molar refractivity (Wildman–Crippen MR) is 70.3 cm³/mol. The second-order valence-corrected chi connectivity index (χ2v) is 6.00. The third kappa shape index (κ3) is 3.86. The second-order valence-electron chi connectivity index (χ2n) is 4.65. The van der Waals surface area contributed by atoms with Crippen molar-refractivity contribution < 1.29 is 9.53 Å². The van der Waals surface area contributed by atoms with Crippen LogP contribution in [0.4, 0.5) is 0 Å². The molecule has 4 nitrogen and oxygen atoms in total. The van der Waals surface area contributed by atoms with Gasteiger partial charge in [-0.1, -0.05) is 0 Å². The molecular weight excluding hydrogens is 236 g/mol. The Kier molecular flexibility index (Phi) is 5.13. The van der Waals surface area contributed by atoms with E-state index in [1.54, 1.807) is 0 Å². The van der Waals surface area contributed by atoms with Crippen molar-refractivity contribution in [1.29, 1.82) is 0 Å². The minimum atomic E-state index is 0.311. The molecule has 0 aromatic heterocycles. The van der Waals surface area contributed by atoms with Crippen LogP contribution in [0, 0.1) is 0 Å². The fourth-order valence-electron chi connectivity index (χ4n) is 2.30. The van der Waals surface area contributed by atoms with Crippen LogP contribution in [0.1, 0.15) is 19.8 Å². The van der Waals surface area contributed by atoms with Gasteiger partial charge in [0.05, 0.1) is 6.10 Å². The third-order valence-corrected chi connectivity index (χ3v) is 4.91. The number of carbonyl (C=O) groups excluding carboxylic acids is 1. The highest BCUT2D eigenvalue weighted by Gasteiger charge is 2.25. The molecule has 1 amide bonds. The van der Waals surface area contributed by atoms with Crippen LogP contribution in [0.25, 0.3) is 0 Å². The van der Waals surface area contributed by atoms with Gasteiger partial charge in [0, 0.05) is 50.2 Å². The number of hydrogen-bond acceptors (Lipinski definition) is 4. The number of carbonyl (C=O) groups is 1. The van der Waals surface area contributed by atoms with Gasteiger partial charge in [-0.3, -0.25) is 4.79 Å². The van der Waals surface area contributed by atoms with Crippen LogP contribution >= 0.6 is 11.8 Å². The Morgan fingerprint density at radius 2 is 2.24 bits per heavy atom. The monoisotopic (exact) mass is 258 g/mol. The molecule has 2 saturated heterocycles. The largest absolute Gasteiger partial charge is 0.377 e. The summed E-state index contributed by atoms with van der Waals surface area (Å²) in [5.41, 5.74) is 0. The number of hydrogen-bond donors (Lipinski definition) is 1. The first-order valence-corrected chi connectivity index (χ1v) is 7.54. The standard InChI is InChI=1S/C12H22N2O2S/c1-10-11(2-8-16-10)17-9-3-12(15)14-6-4-13-5-7-14/h10-11,13H,2-9H2,1H3. The lowest BCUT2D eigenvalue weighted by molar-refractivity contribution is -0.131. The third-order valence-electron chi connectivity index (χ3n) is 3.42. The molecule has 0 spiro atoms. The van der Waals surface area contributed by atoms with E-state index in [1.807, 2.05) is 16.7 Å². The molecule has 2 heterocycles. The summed E-state index contributed by atoms with van der Waals surface area (Å²) in [6.45, 7) is 6.62. The summed E-state index contributed by atoms with van der Waals surface area (Å²) in [6, 6.07) is 0. The first kappa shape index (κ1) is 13.2. The smallest absolute Gasteiger partial charge is 0.223 e. The molecule has 2 unspecified atom stereocenters. The Bertz CT molecular complexity index is 257. The van der Waals surface area contributed by atoms with E-state index in [1.165, 1.54) is 0 Å². The van der Waals surface area contributed by atoms with Gasteiger partial charge in [-0.15, -0.1) is 0 Å². The van der Waals surface area contributed by atoms with Crippen molar-refractivity contribution in [3.05, 3.63) is 0 Å². The molecule has 2 atom stereocenters. The molecule has 0 bridgehead atoms. The lowest BCUT2D eigenvalue weighted by atomic mass is 10.3. The number of ether oxygens (including phenoxy) is 1. The minimum Gasteiger partial charge on any atom is -0.377 e. The molecule has 0 aromatic carbocycles. The molecule has 5 heteroatoms. The lowest BCUT2D eigenvalue weighted by Gasteiger charge is -2.27. The zero-order chi connectivity index (χ0) is 12.1. The summed E-state index contributed by atoms with van der Waals surface area (Å²) < 4.78 is 5.51. The summed E-state index contributed by atoms with van der Waals surface area (Å²) in [7, 11) is 0. The van der Waals surface area contributed by atoms with E-state index in [9.17, 15) is 4.79 Å². The molecule has 2 rings (SSSR count). The summed E-state index contributed by atoms with van der Waals surface area (Å²) in [5, 5.41) is 3.85. The number of thioether (sulfide) groups is 1. The van der Waals surface area contributed by atoms with Crippen molar-refractivity contribution in [1.82, 2.24) is 10.2 Å². The molecule has 2 aliphatic rings. The van der Waals surface area contributed by atoms with Gasteiger partial charge < -0.3 is 15.0 Å². The first-order valence-electron chi connectivity index (χ1n) is 6.49. The number of amides is 1. The van der Waals surface area contributed by atoms with Crippen LogP contribution in [-0.4, -0.2) is 60.7 Å². The SMILES string of the molecule is CC1OCCC1SCCC(=O)N1CCNCC1. The lowest BCUT2D eigenvalue weighted by Crippen LogP contribution is -2.46. The molecule has 0 radical (unpaired) electrons. The molecular formula is C12H22N2O2S. The molecule has 2 fully saturated rings. The van der Waals surface area contributed by atoms with Crippen molar-refractivity contribution in [3.63, 3.8) is 0 Å². The normalized spacial score (nSPS) is 29.6. The Morgan fingerprint density at radius 3 is 2.88 bits per heavy atom. The molecule has 1 N–H and O–H groups in total. The van der Waals surface area contributed by atoms with E-state index in [2.05, 4.69) is 12.2 Å². The summed E-state index contributed by atoms with van der Waals surface area (Å²) >= 11 is 1.90. The maximum atomic E-state index is 11.9. The molecule has 2 aliphatic heterocycles. The van der Waals surface area contributed by atoms with Gasteiger partial charge in [0.2, 0.25) is 5.91 Å². The average molecular weight is 258 g/mol. The van der Waals surface area contributed by atoms with Gasteiger partial charge in [0.1, 0.15) is 0 Å². The van der Waals surface area contributed by atoms with E-state index in [4.69, 9.17) is 4.74 Å². The average Bonchev–Trinajstić information content (AvgIpc) is 2.76. The predicted octanol–water partition coefficient (Wildman–Crippen LogP) is 0.719. The van der Waals surface area contributed by atoms with Crippen LogP contribution in [-0.2, 0) is 9.53 Å². The summed E-state index contributed by atoms with van der Waals surface area (Å²) in [5.74, 6) is 1.24. The quantitative estimate of drug-likeness (QED) is 0.807. The number of nitrogens with one attached hydrogen (secondary N) is 1. The highest BCUT2D eigenvalue weighted by Crippen LogP contribution is 2.26. The van der Waals surface area contributed by atoms with Crippen molar-refractivity contribution >= 4 is 17.7 Å². The molecule has 0 aromatic rings. The van der Waals surface area contributed by atoms with E-state index < -0.39 is 0 Å². The molecule has 17 heavy (non-hydrogen) atoms. The Labute approximate surface area is 107 Å². The highest BCUT2D eigenvalue weighted by atomic mass is 32.2. The van der Waals surface area contributed by atoms with Crippen LogP contribution in [0.3, 0.4) is 0 Å². The van der Waals surface area contributed by atoms with Gasteiger partial charge in [-0.25, -0.2) is 0 Å². The van der Waals surface area contributed by atoms with Gasteiger partial charge in [0.25, 0.3) is 0 Å². The molecule has 0 saturated carbocycles. The van der Waals surface area contributed by atoms with Gasteiger partial charge in [-0.2, -0.15) is 11.8 Å². The Balaban J connectivity index is 1.62. The Hall–Kier alpha value is -0.260. The maximum absolute atomic E-state index is 11.9. The van der Waals surface area contributed by atoms with Crippen LogP contribution in [0.15, 0.2) is 0 Å². The maximum Gasteiger partial charge on any atom is 0.223 e. The summed E-state index contributed by atoms with van der Waals surface area (Å²) in [4.78, 5) is 13.9. The van der Waals surface area contributed by atoms with Crippen molar-refractivity contribution in [3.8, 4) is 0 Å². The Morgan fingerprint density at radius 1 is 1.47 bits per heavy atom. The van der Waals surface area contributed by atoms with E-state index >= 15 is 0 Å². The first-order chi connectivity index (χ1) is 8.27. The van der Waals surface area contributed by atoms with Crippen LogP contribution in [0.2, 0.25) is 0 Å². The molecule has 0 aliphatic carbocycles. The van der Waals surface area contributed by atoms with Crippen LogP contribution in [0.5, 0.6) is 0 Å². The zero-order valence-corrected chi connectivity index (χ0v) is 11.3. The number of piperazine rings is 1. The summed E-state index contributed by atoms with van der Waals surface area (Å²) in [6.07, 6.45) is 2.16. The fourth-order valence-corrected chi connectivity index (χ4v) is 3.51. The van der Waals surface area contributed by atoms with Crippen molar-refractivity contribution in [2.24, 2.45) is 0 Å². The van der Waals surface area contributed by atoms with Gasteiger partial charge in [-0.05, 0) is 13.3 Å². The van der Waals surface area contributed by atoms with E-state index in [0.29, 0.717) is 23.7 Å². The number of nitrogens with zero attached hydrogens (tertiary/aromatic N) is 1. The zero-order valence-electron chi connectivity index (χ0n) is 10.5. The van der Waals surface area contributed by atoms with Crippen LogP contribution < -0.4 is 5.32 Å². The van der Waals surface area contributed by atoms with Crippen molar-refractivity contribution in [2.75, 3.05) is 38.5 Å². The number of rotatable bonds is 4. The van der Waals surface area contributed by atoms with E-state index in [-0.39, 0.29) is 0 Å². The topological polar surface area (TPSA) is 41.6 Å². The second kappa shape index (κ2) is 6.61. The minimum absolute atomic E-state index is 0.311. The molecule has 98 valence electrons. The fraction of sp³-hybridized carbons (Fsp3) is 0.917. The van der Waals surface area contributed by atoms with E-state index in [0.717, 1.165) is 45.0 Å².